The number of benzene rings is 8. The van der Waals surface area contributed by atoms with Crippen molar-refractivity contribution >= 4 is 21.9 Å². The lowest BCUT2D eigenvalue weighted by molar-refractivity contribution is 0.669. The summed E-state index contributed by atoms with van der Waals surface area (Å²) in [7, 11) is 0. The number of fused-ring (bicyclic) bond motifs is 3. The molecule has 0 spiro atoms. The summed E-state index contributed by atoms with van der Waals surface area (Å²) in [6, 6.07) is 68.2. The smallest absolute Gasteiger partial charge is 0.164 e. The Morgan fingerprint density at radius 1 is 0.351 bits per heavy atom. The average molecular weight is 729 g/mol. The predicted molar refractivity (Wildman–Crippen MR) is 230 cm³/mol. The van der Waals surface area contributed by atoms with Crippen molar-refractivity contribution < 1.29 is 4.42 Å². The van der Waals surface area contributed by atoms with Crippen LogP contribution < -0.4 is 0 Å². The fourth-order valence-electron chi connectivity index (χ4n) is 7.49. The minimum atomic E-state index is 0.544. The van der Waals surface area contributed by atoms with Gasteiger partial charge in [-0.05, 0) is 87.0 Å². The van der Waals surface area contributed by atoms with E-state index in [0.717, 1.165) is 72.0 Å². The molecule has 0 unspecified atom stereocenters. The quantitative estimate of drug-likeness (QED) is 0.163. The lowest BCUT2D eigenvalue weighted by Crippen LogP contribution is -2.00. The molecule has 0 atom stereocenters. The summed E-state index contributed by atoms with van der Waals surface area (Å²) in [4.78, 5) is 15.3. The normalized spacial score (nSPS) is 11.1. The summed E-state index contributed by atoms with van der Waals surface area (Å²) in [6.07, 6.45) is 0. The number of nitriles is 1. The predicted octanol–water partition coefficient (Wildman–Crippen LogP) is 13.3. The van der Waals surface area contributed by atoms with E-state index in [-0.39, 0.29) is 0 Å². The van der Waals surface area contributed by atoms with Crippen molar-refractivity contribution in [3.63, 3.8) is 0 Å². The van der Waals surface area contributed by atoms with Crippen molar-refractivity contribution in [3.8, 4) is 84.7 Å². The second kappa shape index (κ2) is 14.4. The molecule has 57 heavy (non-hydrogen) atoms. The SMILES string of the molecule is N#Cc1ccc(-c2cccc(-c3nc(-c4cccc(-c5ccc(-c6ccccc6)cc5)c4)nc(-c4ccc5c(c4)oc4cccc(-c6ccccc6)c45)n3)c2)cc1. The molecule has 5 heteroatoms. The molecule has 0 radical (unpaired) electrons. The van der Waals surface area contributed by atoms with E-state index in [4.69, 9.17) is 19.4 Å². The van der Waals surface area contributed by atoms with Crippen molar-refractivity contribution in [1.82, 2.24) is 15.0 Å². The van der Waals surface area contributed by atoms with Gasteiger partial charge in [0.25, 0.3) is 0 Å². The Labute approximate surface area is 329 Å². The van der Waals surface area contributed by atoms with E-state index in [1.54, 1.807) is 0 Å². The van der Waals surface area contributed by atoms with Crippen LogP contribution in [0, 0.1) is 11.3 Å². The molecule has 10 rings (SSSR count). The van der Waals surface area contributed by atoms with Crippen molar-refractivity contribution in [2.24, 2.45) is 0 Å². The van der Waals surface area contributed by atoms with Crippen LogP contribution in [-0.4, -0.2) is 15.0 Å². The monoisotopic (exact) mass is 728 g/mol. The van der Waals surface area contributed by atoms with Gasteiger partial charge in [-0.15, -0.1) is 0 Å². The van der Waals surface area contributed by atoms with E-state index < -0.39 is 0 Å². The van der Waals surface area contributed by atoms with Gasteiger partial charge in [0.1, 0.15) is 11.2 Å². The minimum Gasteiger partial charge on any atom is -0.456 e. The summed E-state index contributed by atoms with van der Waals surface area (Å²) in [5, 5.41) is 11.5. The second-order valence-electron chi connectivity index (χ2n) is 14.0. The van der Waals surface area contributed by atoms with Gasteiger partial charge in [0.05, 0.1) is 11.6 Å². The molecule has 0 fully saturated rings. The molecular formula is C52H32N4O. The summed E-state index contributed by atoms with van der Waals surface area (Å²) < 4.78 is 6.50. The lowest BCUT2D eigenvalue weighted by Gasteiger charge is -2.11. The third-order valence-corrected chi connectivity index (χ3v) is 10.4. The van der Waals surface area contributed by atoms with E-state index in [9.17, 15) is 5.26 Å². The number of nitrogens with zero attached hydrogens (tertiary/aromatic N) is 4. The molecule has 0 saturated heterocycles. The van der Waals surface area contributed by atoms with Gasteiger partial charge in [0, 0.05) is 27.5 Å². The van der Waals surface area contributed by atoms with Crippen molar-refractivity contribution in [3.05, 3.63) is 200 Å². The van der Waals surface area contributed by atoms with Crippen LogP contribution in [0.2, 0.25) is 0 Å². The summed E-state index contributed by atoms with van der Waals surface area (Å²) in [5.74, 6) is 1.67. The maximum Gasteiger partial charge on any atom is 0.164 e. The van der Waals surface area contributed by atoms with Gasteiger partial charge in [0.15, 0.2) is 17.5 Å². The molecular weight excluding hydrogens is 697 g/mol. The molecule has 0 aliphatic heterocycles. The van der Waals surface area contributed by atoms with Crippen LogP contribution >= 0.6 is 0 Å². The third kappa shape index (κ3) is 6.52. The van der Waals surface area contributed by atoms with Crippen LogP contribution in [0.25, 0.3) is 101 Å². The molecule has 2 aromatic heterocycles. The molecule has 0 bridgehead atoms. The summed E-state index contributed by atoms with van der Waals surface area (Å²) in [5.41, 5.74) is 13.6. The largest absolute Gasteiger partial charge is 0.456 e. The molecule has 10 aromatic rings. The highest BCUT2D eigenvalue weighted by atomic mass is 16.3. The van der Waals surface area contributed by atoms with E-state index in [1.807, 2.05) is 72.8 Å². The topological polar surface area (TPSA) is 75.6 Å². The maximum atomic E-state index is 9.34. The zero-order valence-electron chi connectivity index (χ0n) is 30.7. The maximum absolute atomic E-state index is 9.34. The molecule has 0 aliphatic carbocycles. The van der Waals surface area contributed by atoms with Gasteiger partial charge in [0.2, 0.25) is 0 Å². The van der Waals surface area contributed by atoms with E-state index >= 15 is 0 Å². The van der Waals surface area contributed by atoms with Crippen molar-refractivity contribution in [2.75, 3.05) is 0 Å². The number of hydrogen-bond acceptors (Lipinski definition) is 5. The Hall–Kier alpha value is -7.94. The van der Waals surface area contributed by atoms with E-state index in [0.29, 0.717) is 23.0 Å². The third-order valence-electron chi connectivity index (χ3n) is 10.4. The first kappa shape index (κ1) is 33.6. The zero-order chi connectivity index (χ0) is 38.1. The Bertz CT molecular complexity index is 3110. The molecule has 0 saturated carbocycles. The average Bonchev–Trinajstić information content (AvgIpc) is 3.68. The van der Waals surface area contributed by atoms with Gasteiger partial charge in [-0.2, -0.15) is 5.26 Å². The highest BCUT2D eigenvalue weighted by Crippen LogP contribution is 2.38. The fraction of sp³-hybridized carbons (Fsp3) is 0. The van der Waals surface area contributed by atoms with Gasteiger partial charge in [-0.1, -0.05) is 152 Å². The first-order valence-electron chi connectivity index (χ1n) is 18.8. The van der Waals surface area contributed by atoms with Crippen LogP contribution in [0.5, 0.6) is 0 Å². The van der Waals surface area contributed by atoms with Gasteiger partial charge in [-0.25, -0.2) is 15.0 Å². The van der Waals surface area contributed by atoms with Gasteiger partial charge >= 0.3 is 0 Å². The fourth-order valence-corrected chi connectivity index (χ4v) is 7.49. The van der Waals surface area contributed by atoms with E-state index in [2.05, 4.69) is 127 Å². The molecule has 2 heterocycles. The second-order valence-corrected chi connectivity index (χ2v) is 14.0. The molecule has 0 aliphatic rings. The molecule has 266 valence electrons. The van der Waals surface area contributed by atoms with Crippen LogP contribution in [0.3, 0.4) is 0 Å². The zero-order valence-corrected chi connectivity index (χ0v) is 30.7. The Balaban J connectivity index is 1.09. The van der Waals surface area contributed by atoms with Crippen LogP contribution in [0.4, 0.5) is 0 Å². The molecule has 5 nitrogen and oxygen atoms in total. The first-order chi connectivity index (χ1) is 28.2. The summed E-state index contributed by atoms with van der Waals surface area (Å²) in [6.45, 7) is 0. The van der Waals surface area contributed by atoms with Crippen LogP contribution in [0.1, 0.15) is 5.56 Å². The number of hydrogen-bond donors (Lipinski definition) is 0. The number of rotatable bonds is 7. The molecule has 0 amide bonds. The van der Waals surface area contributed by atoms with Crippen molar-refractivity contribution in [2.45, 2.75) is 0 Å². The Morgan fingerprint density at radius 3 is 1.37 bits per heavy atom. The standard InChI is InChI=1S/C52H32N4O/c53-33-34-20-22-37(23-21-34)40-14-7-16-42(30-40)50-54-51(43-17-8-15-41(31-43)38-26-24-36(25-27-38)35-10-3-1-4-11-35)56-52(55-50)44-28-29-46-48(32-44)57-47-19-9-18-45(49(46)47)39-12-5-2-6-13-39/h1-32H. The number of furan rings is 1. The molecule has 8 aromatic carbocycles. The van der Waals surface area contributed by atoms with Gasteiger partial charge in [-0.3, -0.25) is 0 Å². The minimum absolute atomic E-state index is 0.544. The van der Waals surface area contributed by atoms with Gasteiger partial charge < -0.3 is 4.42 Å². The Kier molecular flexibility index (Phi) is 8.48. The van der Waals surface area contributed by atoms with Crippen LogP contribution in [0.15, 0.2) is 199 Å². The van der Waals surface area contributed by atoms with Crippen molar-refractivity contribution in [1.29, 1.82) is 5.26 Å². The molecule has 0 N–H and O–H groups in total. The summed E-state index contributed by atoms with van der Waals surface area (Å²) >= 11 is 0. The van der Waals surface area contributed by atoms with E-state index in [1.165, 1.54) is 11.1 Å². The highest BCUT2D eigenvalue weighted by molar-refractivity contribution is 6.13. The number of aromatic nitrogens is 3. The lowest BCUT2D eigenvalue weighted by atomic mass is 9.99. The first-order valence-corrected chi connectivity index (χ1v) is 18.8. The van der Waals surface area contributed by atoms with Crippen LogP contribution in [-0.2, 0) is 0 Å². The highest BCUT2D eigenvalue weighted by Gasteiger charge is 2.17. The Morgan fingerprint density at radius 2 is 0.789 bits per heavy atom.